The fraction of sp³-hybridized carbons (Fsp3) is 0.538. The van der Waals surface area contributed by atoms with Gasteiger partial charge in [0.2, 0.25) is 10.0 Å². The number of aryl methyl sites for hydroxylation is 1. The second kappa shape index (κ2) is 5.84. The van der Waals surface area contributed by atoms with Crippen LogP contribution in [0.3, 0.4) is 0 Å². The van der Waals surface area contributed by atoms with Crippen molar-refractivity contribution in [3.8, 4) is 0 Å². The van der Waals surface area contributed by atoms with Gasteiger partial charge < -0.3 is 0 Å². The fourth-order valence-electron chi connectivity index (χ4n) is 2.31. The van der Waals surface area contributed by atoms with Gasteiger partial charge in [0.15, 0.2) is 0 Å². The van der Waals surface area contributed by atoms with E-state index in [0.29, 0.717) is 28.4 Å². The van der Waals surface area contributed by atoms with E-state index in [2.05, 4.69) is 38.8 Å². The summed E-state index contributed by atoms with van der Waals surface area (Å²) in [5, 5.41) is 0. The summed E-state index contributed by atoms with van der Waals surface area (Å²) >= 11 is 6.77. The summed E-state index contributed by atoms with van der Waals surface area (Å²) in [7, 11) is -3.40. The SMILES string of the molecule is CCC1CCN(S(=O)(=O)c2cc(Br)c(C)cc2Br)C1. The maximum absolute atomic E-state index is 12.7. The molecule has 0 aliphatic carbocycles. The van der Waals surface area contributed by atoms with Crippen molar-refractivity contribution in [1.29, 1.82) is 0 Å². The summed E-state index contributed by atoms with van der Waals surface area (Å²) in [6.07, 6.45) is 1.99. The summed E-state index contributed by atoms with van der Waals surface area (Å²) in [6.45, 7) is 5.31. The van der Waals surface area contributed by atoms with Gasteiger partial charge >= 0.3 is 0 Å². The second-order valence-corrected chi connectivity index (χ2v) is 8.57. The highest BCUT2D eigenvalue weighted by atomic mass is 79.9. The van der Waals surface area contributed by atoms with Gasteiger partial charge in [-0.05, 0) is 52.9 Å². The van der Waals surface area contributed by atoms with E-state index in [1.807, 2.05) is 13.0 Å². The summed E-state index contributed by atoms with van der Waals surface area (Å²) in [6, 6.07) is 3.53. The van der Waals surface area contributed by atoms with E-state index in [9.17, 15) is 8.42 Å². The van der Waals surface area contributed by atoms with Crippen LogP contribution in [-0.4, -0.2) is 25.8 Å². The first-order valence-corrected chi connectivity index (χ1v) is 9.34. The topological polar surface area (TPSA) is 37.4 Å². The molecule has 0 aromatic heterocycles. The van der Waals surface area contributed by atoms with Crippen LogP contribution in [-0.2, 0) is 10.0 Å². The van der Waals surface area contributed by atoms with Gasteiger partial charge in [0.1, 0.15) is 0 Å². The first kappa shape index (κ1) is 15.5. The van der Waals surface area contributed by atoms with Crippen LogP contribution in [0.1, 0.15) is 25.3 Å². The summed E-state index contributed by atoms with van der Waals surface area (Å²) < 4.78 is 28.4. The third-order valence-electron chi connectivity index (χ3n) is 3.66. The lowest BCUT2D eigenvalue weighted by atomic mass is 10.1. The lowest BCUT2D eigenvalue weighted by Crippen LogP contribution is -2.29. The first-order chi connectivity index (χ1) is 8.86. The molecule has 1 heterocycles. The van der Waals surface area contributed by atoms with Gasteiger partial charge in [0, 0.05) is 22.0 Å². The molecule has 0 radical (unpaired) electrons. The maximum atomic E-state index is 12.7. The zero-order chi connectivity index (χ0) is 14.2. The Labute approximate surface area is 131 Å². The molecular weight excluding hydrogens is 394 g/mol. The van der Waals surface area contributed by atoms with E-state index >= 15 is 0 Å². The Morgan fingerprint density at radius 2 is 2.00 bits per heavy atom. The third-order valence-corrected chi connectivity index (χ3v) is 7.33. The molecule has 1 aliphatic rings. The minimum Gasteiger partial charge on any atom is -0.207 e. The largest absolute Gasteiger partial charge is 0.244 e. The fourth-order valence-corrected chi connectivity index (χ4v) is 5.48. The van der Waals surface area contributed by atoms with Gasteiger partial charge in [-0.1, -0.05) is 29.3 Å². The lowest BCUT2D eigenvalue weighted by molar-refractivity contribution is 0.452. The number of benzene rings is 1. The van der Waals surface area contributed by atoms with Crippen LogP contribution in [0.15, 0.2) is 26.0 Å². The van der Waals surface area contributed by atoms with E-state index in [4.69, 9.17) is 0 Å². The van der Waals surface area contributed by atoms with Crippen LogP contribution in [0.5, 0.6) is 0 Å². The van der Waals surface area contributed by atoms with E-state index in [-0.39, 0.29) is 0 Å². The predicted octanol–water partition coefficient (Wildman–Crippen LogP) is 3.94. The predicted molar refractivity (Wildman–Crippen MR) is 83.7 cm³/mol. The smallest absolute Gasteiger partial charge is 0.207 e. The van der Waals surface area contributed by atoms with Crippen LogP contribution >= 0.6 is 31.9 Å². The van der Waals surface area contributed by atoms with Crippen molar-refractivity contribution in [2.24, 2.45) is 5.92 Å². The van der Waals surface area contributed by atoms with E-state index in [0.717, 1.165) is 22.9 Å². The van der Waals surface area contributed by atoms with E-state index in [1.165, 1.54) is 0 Å². The van der Waals surface area contributed by atoms with Crippen LogP contribution in [0.4, 0.5) is 0 Å². The Bertz CT molecular complexity index is 587. The number of nitrogens with zero attached hydrogens (tertiary/aromatic N) is 1. The molecule has 3 nitrogen and oxygen atoms in total. The van der Waals surface area contributed by atoms with Gasteiger partial charge in [0.25, 0.3) is 0 Å². The van der Waals surface area contributed by atoms with E-state index < -0.39 is 10.0 Å². The highest BCUT2D eigenvalue weighted by Crippen LogP contribution is 2.33. The first-order valence-electron chi connectivity index (χ1n) is 6.32. The molecule has 0 saturated carbocycles. The monoisotopic (exact) mass is 409 g/mol. The van der Waals surface area contributed by atoms with Crippen molar-refractivity contribution in [1.82, 2.24) is 4.31 Å². The molecule has 1 atom stereocenters. The van der Waals surface area contributed by atoms with Crippen molar-refractivity contribution in [2.45, 2.75) is 31.6 Å². The minimum absolute atomic E-state index is 0.349. The van der Waals surface area contributed by atoms with Crippen LogP contribution in [0.2, 0.25) is 0 Å². The van der Waals surface area contributed by atoms with Crippen molar-refractivity contribution in [3.63, 3.8) is 0 Å². The molecular formula is C13H17Br2NO2S. The van der Waals surface area contributed by atoms with Crippen molar-refractivity contribution < 1.29 is 8.42 Å². The number of hydrogen-bond donors (Lipinski definition) is 0. The Morgan fingerprint density at radius 1 is 1.32 bits per heavy atom. The summed E-state index contributed by atoms with van der Waals surface area (Å²) in [5.41, 5.74) is 1.01. The summed E-state index contributed by atoms with van der Waals surface area (Å²) in [4.78, 5) is 0.349. The van der Waals surface area contributed by atoms with Gasteiger partial charge in [-0.25, -0.2) is 8.42 Å². The Hall–Kier alpha value is 0.0900. The molecule has 0 spiro atoms. The lowest BCUT2D eigenvalue weighted by Gasteiger charge is -2.18. The molecule has 0 bridgehead atoms. The van der Waals surface area contributed by atoms with E-state index in [1.54, 1.807) is 10.4 Å². The van der Waals surface area contributed by atoms with Crippen LogP contribution < -0.4 is 0 Å². The number of hydrogen-bond acceptors (Lipinski definition) is 2. The summed E-state index contributed by atoms with van der Waals surface area (Å²) in [5.74, 6) is 0.488. The standard InChI is InChI=1S/C13H17Br2NO2S/c1-3-10-4-5-16(8-10)19(17,18)13-7-11(14)9(2)6-12(13)15/h6-7,10H,3-5,8H2,1-2H3. The minimum atomic E-state index is -3.40. The Morgan fingerprint density at radius 3 is 2.58 bits per heavy atom. The molecule has 2 rings (SSSR count). The molecule has 0 amide bonds. The maximum Gasteiger partial charge on any atom is 0.244 e. The third kappa shape index (κ3) is 3.06. The van der Waals surface area contributed by atoms with Gasteiger partial charge in [-0.3, -0.25) is 0 Å². The highest BCUT2D eigenvalue weighted by Gasteiger charge is 2.33. The Balaban J connectivity index is 2.38. The van der Waals surface area contributed by atoms with Gasteiger partial charge in [-0.15, -0.1) is 0 Å². The molecule has 1 aliphatic heterocycles. The zero-order valence-electron chi connectivity index (χ0n) is 11.0. The van der Waals surface area contributed by atoms with Crippen molar-refractivity contribution in [2.75, 3.05) is 13.1 Å². The molecule has 1 aromatic carbocycles. The second-order valence-electron chi connectivity index (χ2n) is 4.96. The molecule has 1 saturated heterocycles. The van der Waals surface area contributed by atoms with Crippen molar-refractivity contribution >= 4 is 41.9 Å². The molecule has 106 valence electrons. The molecule has 1 unspecified atom stereocenters. The van der Waals surface area contributed by atoms with Crippen LogP contribution in [0, 0.1) is 12.8 Å². The highest BCUT2D eigenvalue weighted by molar-refractivity contribution is 9.11. The zero-order valence-corrected chi connectivity index (χ0v) is 15.0. The number of rotatable bonds is 3. The average molecular weight is 411 g/mol. The van der Waals surface area contributed by atoms with Crippen molar-refractivity contribution in [3.05, 3.63) is 26.6 Å². The molecule has 1 fully saturated rings. The molecule has 1 aromatic rings. The van der Waals surface area contributed by atoms with Gasteiger partial charge in [-0.2, -0.15) is 4.31 Å². The van der Waals surface area contributed by atoms with Gasteiger partial charge in [0.05, 0.1) is 4.90 Å². The Kier molecular flexibility index (Phi) is 4.75. The average Bonchev–Trinajstić information content (AvgIpc) is 2.83. The molecule has 0 N–H and O–H groups in total. The normalized spacial score (nSPS) is 20.9. The quantitative estimate of drug-likeness (QED) is 0.756. The number of sulfonamides is 1. The van der Waals surface area contributed by atoms with Crippen LogP contribution in [0.25, 0.3) is 0 Å². The number of halogens is 2. The molecule has 19 heavy (non-hydrogen) atoms. The molecule has 6 heteroatoms.